The van der Waals surface area contributed by atoms with Gasteiger partial charge in [0.25, 0.3) is 0 Å². The van der Waals surface area contributed by atoms with Crippen molar-refractivity contribution in [2.24, 2.45) is 0 Å². The topological polar surface area (TPSA) is 133 Å². The number of nitrogens with zero attached hydrogens (tertiary/aromatic N) is 4. The molecule has 4 heterocycles. The third kappa shape index (κ3) is 11.5. The summed E-state index contributed by atoms with van der Waals surface area (Å²) in [6, 6.07) is 20.5. The van der Waals surface area contributed by atoms with Crippen molar-refractivity contribution in [3.8, 4) is 11.5 Å². The van der Waals surface area contributed by atoms with E-state index in [1.165, 1.54) is 31.4 Å². The van der Waals surface area contributed by atoms with Gasteiger partial charge in [0.05, 0.1) is 30.0 Å². The number of ether oxygens (including phenoxy) is 2. The van der Waals surface area contributed by atoms with Crippen molar-refractivity contribution in [2.45, 2.75) is 81.8 Å². The number of anilines is 2. The lowest BCUT2D eigenvalue weighted by atomic mass is 10.1. The van der Waals surface area contributed by atoms with Gasteiger partial charge in [-0.25, -0.2) is 13.6 Å². The number of carbonyl (C=O) groups is 3. The third-order valence-corrected chi connectivity index (χ3v) is 13.5. The number of piperazine rings is 2. The lowest BCUT2D eigenvalue weighted by Crippen LogP contribution is -2.55. The summed E-state index contributed by atoms with van der Waals surface area (Å²) in [5.41, 5.74) is 10.5. The molecule has 4 bridgehead atoms. The van der Waals surface area contributed by atoms with Crippen molar-refractivity contribution < 1.29 is 32.6 Å². The van der Waals surface area contributed by atoms with Gasteiger partial charge in [0.2, 0.25) is 11.8 Å². The zero-order valence-corrected chi connectivity index (χ0v) is 38.5. The largest absolute Gasteiger partial charge is 0.495 e. The highest BCUT2D eigenvalue weighted by Crippen LogP contribution is 2.36. The van der Waals surface area contributed by atoms with Crippen LogP contribution in [0.1, 0.15) is 60.8 Å². The Bertz CT molecular complexity index is 2440. The number of benzene rings is 4. The fourth-order valence-corrected chi connectivity index (χ4v) is 10.1. The summed E-state index contributed by atoms with van der Waals surface area (Å²) in [6.07, 6.45) is 12.5. The van der Waals surface area contributed by atoms with E-state index in [0.29, 0.717) is 44.0 Å². The number of rotatable bonds is 12. The molecule has 9 rings (SSSR count). The van der Waals surface area contributed by atoms with Crippen LogP contribution < -0.4 is 25.8 Å². The fourth-order valence-electron chi connectivity index (χ4n) is 9.58. The Balaban J connectivity index is 0.000000182. The predicted octanol–water partition coefficient (Wildman–Crippen LogP) is 8.62. The van der Waals surface area contributed by atoms with Crippen LogP contribution in [0, 0.1) is 11.6 Å². The van der Waals surface area contributed by atoms with Crippen molar-refractivity contribution in [3.05, 3.63) is 129 Å². The summed E-state index contributed by atoms with van der Waals surface area (Å²) in [7, 11) is 3.06. The number of nitrogens with two attached hydrogens (primary N) is 1. The fraction of sp³-hybridized carbons (Fsp3) is 0.380. The molecule has 4 aromatic carbocycles. The van der Waals surface area contributed by atoms with Crippen molar-refractivity contribution in [3.63, 3.8) is 0 Å². The zero-order chi connectivity index (χ0) is 46.5. The van der Waals surface area contributed by atoms with Crippen molar-refractivity contribution >= 4 is 64.6 Å². The molecule has 4 unspecified atom stereocenters. The number of likely N-dealkylation sites (tertiary alicyclic amines) is 2. The summed E-state index contributed by atoms with van der Waals surface area (Å²) < 4.78 is 36.9. The van der Waals surface area contributed by atoms with Crippen LogP contribution in [-0.4, -0.2) is 108 Å². The minimum Gasteiger partial charge on any atom is -0.495 e. The molecule has 4 saturated heterocycles. The molecule has 1 aliphatic carbocycles. The Labute approximate surface area is 394 Å². The molecule has 0 aromatic heterocycles. The molecule has 5 aliphatic rings. The quantitative estimate of drug-likeness (QED) is 0.0951. The van der Waals surface area contributed by atoms with Gasteiger partial charge in [0.1, 0.15) is 23.1 Å². The summed E-state index contributed by atoms with van der Waals surface area (Å²) >= 11 is 12.4. The molecule has 1 saturated carbocycles. The second kappa shape index (κ2) is 20.9. The number of nitrogens with one attached hydrogen (secondary N) is 2. The van der Waals surface area contributed by atoms with E-state index in [9.17, 15) is 23.2 Å². The minimum absolute atomic E-state index is 0.00255. The van der Waals surface area contributed by atoms with Crippen LogP contribution >= 0.6 is 23.2 Å². The molecule has 16 heteroatoms. The van der Waals surface area contributed by atoms with Crippen LogP contribution in [0.2, 0.25) is 10.0 Å². The van der Waals surface area contributed by atoms with Gasteiger partial charge in [0, 0.05) is 98.4 Å². The van der Waals surface area contributed by atoms with Crippen molar-refractivity contribution in [1.29, 1.82) is 0 Å². The monoisotopic (exact) mass is 941 g/mol. The van der Waals surface area contributed by atoms with Crippen LogP contribution in [0.4, 0.5) is 25.0 Å². The van der Waals surface area contributed by atoms with Gasteiger partial charge in [0.15, 0.2) is 0 Å². The summed E-state index contributed by atoms with van der Waals surface area (Å²) in [5.74, 6) is 0.475. The molecule has 348 valence electrons. The Morgan fingerprint density at radius 1 is 0.652 bits per heavy atom. The molecule has 4 N–H and O–H groups in total. The first-order valence-corrected chi connectivity index (χ1v) is 23.1. The molecule has 4 atom stereocenters. The van der Waals surface area contributed by atoms with Crippen molar-refractivity contribution in [2.75, 3.05) is 51.4 Å². The third-order valence-electron chi connectivity index (χ3n) is 12.9. The van der Waals surface area contributed by atoms with E-state index in [1.54, 1.807) is 55.7 Å². The lowest BCUT2D eigenvalue weighted by Gasteiger charge is -2.40. The Kier molecular flexibility index (Phi) is 14.8. The van der Waals surface area contributed by atoms with E-state index in [2.05, 4.69) is 20.4 Å². The maximum absolute atomic E-state index is 13.3. The molecular weight excluding hydrogens is 887 g/mol. The Morgan fingerprint density at radius 2 is 1.08 bits per heavy atom. The molecular formula is C50H55Cl2F2N7O5. The number of fused-ring (bicyclic) bond motifs is 4. The van der Waals surface area contributed by atoms with E-state index in [1.807, 2.05) is 34.1 Å². The van der Waals surface area contributed by atoms with Gasteiger partial charge in [-0.15, -0.1) is 0 Å². The van der Waals surface area contributed by atoms with E-state index in [0.717, 1.165) is 88.9 Å². The summed E-state index contributed by atoms with van der Waals surface area (Å²) in [4.78, 5) is 47.2. The molecule has 12 nitrogen and oxygen atoms in total. The minimum atomic E-state index is -0.296. The highest BCUT2D eigenvalue weighted by atomic mass is 35.5. The molecule has 0 spiro atoms. The molecule has 4 amide bonds. The highest BCUT2D eigenvalue weighted by molar-refractivity contribution is 6.32. The van der Waals surface area contributed by atoms with Gasteiger partial charge in [-0.3, -0.25) is 19.4 Å². The Morgan fingerprint density at radius 3 is 1.52 bits per heavy atom. The number of methoxy groups -OCH3 is 2. The maximum Gasteiger partial charge on any atom is 0.319 e. The predicted molar refractivity (Wildman–Crippen MR) is 254 cm³/mol. The number of urea groups is 1. The van der Waals surface area contributed by atoms with E-state index < -0.39 is 0 Å². The van der Waals surface area contributed by atoms with Crippen LogP contribution in [0.5, 0.6) is 11.5 Å². The van der Waals surface area contributed by atoms with E-state index in [4.69, 9.17) is 38.4 Å². The molecule has 4 aromatic rings. The maximum atomic E-state index is 13.3. The average molecular weight is 943 g/mol. The number of carbonyl (C=O) groups excluding carboxylic acids is 3. The van der Waals surface area contributed by atoms with Crippen LogP contribution in [0.15, 0.2) is 84.9 Å². The van der Waals surface area contributed by atoms with Crippen LogP contribution in [0.3, 0.4) is 0 Å². The standard InChI is InChI=1S/C27H30ClFN4O3.C23H25ClFN3O2/c1-36-25-12-18(24(13-23(25)28)31-27(35)30-20-7-8-20)4-11-26(34)33-21-9-10-22(33)16-32(15-21)14-17-2-5-19(29)6-3-17;1-30-22-10-16(21(26)11-20(22)24)4-9-23(29)28-18-7-8-19(28)14-27(13-18)12-15-2-5-17(25)6-3-15/h2-6,11-13,20-22H,7-10,14-16H2,1H3,(H2,30,31,35);2-6,9-11,18-19H,7-8,12-14,26H2,1H3/b11-4+;9-4+. The lowest BCUT2D eigenvalue weighted by molar-refractivity contribution is -0.132. The van der Waals surface area contributed by atoms with Crippen LogP contribution in [0.25, 0.3) is 12.2 Å². The zero-order valence-electron chi connectivity index (χ0n) is 37.0. The van der Waals surface area contributed by atoms with Gasteiger partial charge in [-0.05, 0) is 110 Å². The van der Waals surface area contributed by atoms with Gasteiger partial charge in [-0.1, -0.05) is 47.5 Å². The summed E-state index contributed by atoms with van der Waals surface area (Å²) in [6.45, 7) is 4.74. The average Bonchev–Trinajstić information content (AvgIpc) is 4.01. The normalized spacial score (nSPS) is 21.5. The van der Waals surface area contributed by atoms with Crippen LogP contribution in [-0.2, 0) is 22.7 Å². The number of hydrogen-bond donors (Lipinski definition) is 3. The van der Waals surface area contributed by atoms with E-state index >= 15 is 0 Å². The second-order valence-corrected chi connectivity index (χ2v) is 18.4. The highest BCUT2D eigenvalue weighted by Gasteiger charge is 2.43. The smallest absolute Gasteiger partial charge is 0.319 e. The SMILES string of the molecule is COc1cc(/C=C/C(=O)N2C3CCC2CN(Cc2ccc(F)cc2)C3)c(N)cc1Cl.COc1cc(/C=C/C(=O)N2C3CCC2CN(Cc2ccc(F)cc2)C3)c(NC(=O)NC2CC2)cc1Cl. The second-order valence-electron chi connectivity index (χ2n) is 17.6. The summed E-state index contributed by atoms with van der Waals surface area (Å²) in [5, 5.41) is 6.55. The number of nitrogen functional groups attached to an aromatic ring is 1. The molecule has 0 radical (unpaired) electrons. The van der Waals surface area contributed by atoms with Crippen molar-refractivity contribution in [1.82, 2.24) is 24.9 Å². The molecule has 66 heavy (non-hydrogen) atoms. The Hall–Kier alpha value is -5.67. The number of halogens is 4. The number of hydrogen-bond acceptors (Lipinski definition) is 8. The first-order chi connectivity index (χ1) is 31.8. The number of amides is 4. The van der Waals surface area contributed by atoms with Gasteiger partial charge in [-0.2, -0.15) is 0 Å². The first-order valence-electron chi connectivity index (χ1n) is 22.4. The molecule has 4 aliphatic heterocycles. The van der Waals surface area contributed by atoms with Gasteiger partial charge < -0.3 is 35.6 Å². The first kappa shape index (κ1) is 46.8. The van der Waals surface area contributed by atoms with Gasteiger partial charge >= 0.3 is 6.03 Å². The van der Waals surface area contributed by atoms with E-state index in [-0.39, 0.29) is 59.7 Å². The molecule has 5 fully saturated rings.